The first-order valence-electron chi connectivity index (χ1n) is 4.45. The molecule has 0 spiro atoms. The second-order valence-electron chi connectivity index (χ2n) is 3.24. The van der Waals surface area contributed by atoms with Gasteiger partial charge in [-0.1, -0.05) is 11.6 Å². The molecule has 0 aliphatic rings. The van der Waals surface area contributed by atoms with Crippen molar-refractivity contribution >= 4 is 23.4 Å². The predicted molar refractivity (Wildman–Crippen MR) is 58.4 cm³/mol. The molecular weight excluding hydrogens is 218 g/mol. The SMILES string of the molecule is CC(C)OC(=O)Nc1cc(Cl)ccc1O. The standard InChI is InChI=1S/C10H12ClNO3/c1-6(2)15-10(14)12-8-5-7(11)3-4-9(8)13/h3-6,13H,1-2H3,(H,12,14). The average Bonchev–Trinajstić information content (AvgIpc) is 2.10. The van der Waals surface area contributed by atoms with Crippen molar-refractivity contribution in [2.75, 3.05) is 5.32 Å². The third-order valence-electron chi connectivity index (χ3n) is 1.54. The summed E-state index contributed by atoms with van der Waals surface area (Å²) in [5.74, 6) is -0.0555. The molecule has 1 rings (SSSR count). The Hall–Kier alpha value is -1.42. The smallest absolute Gasteiger partial charge is 0.411 e. The summed E-state index contributed by atoms with van der Waals surface area (Å²) in [6, 6.07) is 4.36. The normalized spacial score (nSPS) is 10.1. The third-order valence-corrected chi connectivity index (χ3v) is 1.77. The van der Waals surface area contributed by atoms with E-state index in [9.17, 15) is 9.90 Å². The van der Waals surface area contributed by atoms with Crippen molar-refractivity contribution < 1.29 is 14.6 Å². The van der Waals surface area contributed by atoms with Gasteiger partial charge in [0, 0.05) is 5.02 Å². The summed E-state index contributed by atoms with van der Waals surface area (Å²) in [4.78, 5) is 11.2. The number of ether oxygens (including phenoxy) is 1. The molecule has 0 aliphatic carbocycles. The fourth-order valence-electron chi connectivity index (χ4n) is 0.962. The molecule has 1 aromatic rings. The average molecular weight is 230 g/mol. The number of anilines is 1. The molecule has 82 valence electrons. The van der Waals surface area contributed by atoms with Crippen LogP contribution in [0, 0.1) is 0 Å². The Balaban J connectivity index is 2.71. The molecule has 1 amide bonds. The summed E-state index contributed by atoms with van der Waals surface area (Å²) >= 11 is 5.70. The minimum atomic E-state index is -0.623. The summed E-state index contributed by atoms with van der Waals surface area (Å²) in [7, 11) is 0. The van der Waals surface area contributed by atoms with Crippen LogP contribution >= 0.6 is 11.6 Å². The van der Waals surface area contributed by atoms with Crippen LogP contribution in [0.5, 0.6) is 5.75 Å². The van der Waals surface area contributed by atoms with Crippen molar-refractivity contribution in [3.8, 4) is 5.75 Å². The minimum absolute atomic E-state index is 0.0555. The predicted octanol–water partition coefficient (Wildman–Crippen LogP) is 3.00. The fraction of sp³-hybridized carbons (Fsp3) is 0.300. The van der Waals surface area contributed by atoms with E-state index in [0.717, 1.165) is 0 Å². The molecule has 0 radical (unpaired) electrons. The molecule has 2 N–H and O–H groups in total. The van der Waals surface area contributed by atoms with E-state index in [0.29, 0.717) is 5.02 Å². The molecule has 0 aliphatic heterocycles. The summed E-state index contributed by atoms with van der Waals surface area (Å²) in [6.07, 6.45) is -0.839. The Labute approximate surface area is 92.8 Å². The molecule has 0 atom stereocenters. The van der Waals surface area contributed by atoms with Crippen LogP contribution in [0.4, 0.5) is 10.5 Å². The van der Waals surface area contributed by atoms with E-state index in [1.165, 1.54) is 18.2 Å². The summed E-state index contributed by atoms with van der Waals surface area (Å²) in [5.41, 5.74) is 0.230. The number of carbonyl (C=O) groups excluding carboxylic acids is 1. The highest BCUT2D eigenvalue weighted by molar-refractivity contribution is 6.31. The van der Waals surface area contributed by atoms with Gasteiger partial charge in [0.1, 0.15) is 5.75 Å². The molecule has 1 aromatic carbocycles. The molecule has 0 heterocycles. The number of hydrogen-bond donors (Lipinski definition) is 2. The van der Waals surface area contributed by atoms with Gasteiger partial charge in [-0.05, 0) is 32.0 Å². The molecule has 4 nitrogen and oxygen atoms in total. The number of amides is 1. The maximum atomic E-state index is 11.2. The van der Waals surface area contributed by atoms with Gasteiger partial charge in [0.15, 0.2) is 0 Å². The van der Waals surface area contributed by atoms with Crippen LogP contribution in [0.2, 0.25) is 5.02 Å². The Kier molecular flexibility index (Phi) is 3.80. The lowest BCUT2D eigenvalue weighted by Crippen LogP contribution is -2.17. The van der Waals surface area contributed by atoms with E-state index in [-0.39, 0.29) is 17.5 Å². The van der Waals surface area contributed by atoms with E-state index in [1.54, 1.807) is 13.8 Å². The molecule has 0 unspecified atom stereocenters. The van der Waals surface area contributed by atoms with Crippen LogP contribution in [0.25, 0.3) is 0 Å². The van der Waals surface area contributed by atoms with E-state index in [1.807, 2.05) is 0 Å². The zero-order valence-electron chi connectivity index (χ0n) is 8.45. The van der Waals surface area contributed by atoms with Crippen LogP contribution in [0.15, 0.2) is 18.2 Å². The Bertz CT molecular complexity index is 366. The van der Waals surface area contributed by atoms with Crippen molar-refractivity contribution in [2.24, 2.45) is 0 Å². The zero-order valence-corrected chi connectivity index (χ0v) is 9.21. The molecule has 15 heavy (non-hydrogen) atoms. The molecular formula is C10H12ClNO3. The lowest BCUT2D eigenvalue weighted by molar-refractivity contribution is 0.130. The van der Waals surface area contributed by atoms with Crippen molar-refractivity contribution in [3.63, 3.8) is 0 Å². The number of nitrogens with one attached hydrogen (secondary N) is 1. The zero-order chi connectivity index (χ0) is 11.4. The van der Waals surface area contributed by atoms with Crippen LogP contribution < -0.4 is 5.32 Å². The van der Waals surface area contributed by atoms with Crippen LogP contribution in [-0.2, 0) is 4.74 Å². The van der Waals surface area contributed by atoms with Gasteiger partial charge >= 0.3 is 6.09 Å². The minimum Gasteiger partial charge on any atom is -0.506 e. The highest BCUT2D eigenvalue weighted by Crippen LogP contribution is 2.26. The van der Waals surface area contributed by atoms with Crippen molar-refractivity contribution in [1.29, 1.82) is 0 Å². The lowest BCUT2D eigenvalue weighted by atomic mass is 10.3. The summed E-state index contributed by atoms with van der Waals surface area (Å²) in [5, 5.41) is 12.2. The van der Waals surface area contributed by atoms with Crippen molar-refractivity contribution in [1.82, 2.24) is 0 Å². The van der Waals surface area contributed by atoms with Crippen molar-refractivity contribution in [3.05, 3.63) is 23.2 Å². The monoisotopic (exact) mass is 229 g/mol. The van der Waals surface area contributed by atoms with Crippen molar-refractivity contribution in [2.45, 2.75) is 20.0 Å². The number of halogens is 1. The Morgan fingerprint density at radius 3 is 2.80 bits per heavy atom. The lowest BCUT2D eigenvalue weighted by Gasteiger charge is -2.10. The molecule has 0 bridgehead atoms. The number of phenols is 1. The first-order chi connectivity index (χ1) is 6.99. The maximum Gasteiger partial charge on any atom is 0.411 e. The maximum absolute atomic E-state index is 11.2. The van der Waals surface area contributed by atoms with E-state index >= 15 is 0 Å². The molecule has 0 saturated carbocycles. The fourth-order valence-corrected chi connectivity index (χ4v) is 1.13. The highest BCUT2D eigenvalue weighted by Gasteiger charge is 2.08. The van der Waals surface area contributed by atoms with Crippen LogP contribution in [0.3, 0.4) is 0 Å². The highest BCUT2D eigenvalue weighted by atomic mass is 35.5. The quantitative estimate of drug-likeness (QED) is 0.767. The Morgan fingerprint density at radius 1 is 1.53 bits per heavy atom. The van der Waals surface area contributed by atoms with Crippen LogP contribution in [-0.4, -0.2) is 17.3 Å². The second kappa shape index (κ2) is 4.89. The molecule has 0 fully saturated rings. The van der Waals surface area contributed by atoms with Gasteiger partial charge in [-0.2, -0.15) is 0 Å². The van der Waals surface area contributed by atoms with Gasteiger partial charge < -0.3 is 9.84 Å². The molecule has 5 heteroatoms. The Morgan fingerprint density at radius 2 is 2.20 bits per heavy atom. The number of carbonyl (C=O) groups is 1. The first-order valence-corrected chi connectivity index (χ1v) is 4.83. The first kappa shape index (κ1) is 11.7. The summed E-state index contributed by atoms with van der Waals surface area (Å²) < 4.78 is 4.84. The number of aromatic hydroxyl groups is 1. The topological polar surface area (TPSA) is 58.6 Å². The van der Waals surface area contributed by atoms with Gasteiger partial charge in [-0.3, -0.25) is 5.32 Å². The summed E-state index contributed by atoms with van der Waals surface area (Å²) in [6.45, 7) is 3.47. The van der Waals surface area contributed by atoms with Gasteiger partial charge in [0.25, 0.3) is 0 Å². The van der Waals surface area contributed by atoms with E-state index < -0.39 is 6.09 Å². The number of benzene rings is 1. The number of rotatable bonds is 2. The molecule has 0 aromatic heterocycles. The second-order valence-corrected chi connectivity index (χ2v) is 3.68. The van der Waals surface area contributed by atoms with Gasteiger partial charge in [-0.25, -0.2) is 4.79 Å². The van der Waals surface area contributed by atoms with Gasteiger partial charge in [0.05, 0.1) is 11.8 Å². The van der Waals surface area contributed by atoms with E-state index in [2.05, 4.69) is 5.32 Å². The third kappa shape index (κ3) is 3.67. The van der Waals surface area contributed by atoms with Gasteiger partial charge in [0.2, 0.25) is 0 Å². The largest absolute Gasteiger partial charge is 0.506 e. The van der Waals surface area contributed by atoms with Gasteiger partial charge in [-0.15, -0.1) is 0 Å². The number of hydrogen-bond acceptors (Lipinski definition) is 3. The van der Waals surface area contributed by atoms with Crippen LogP contribution in [0.1, 0.15) is 13.8 Å². The molecule has 0 saturated heterocycles. The number of phenolic OH excluding ortho intramolecular Hbond substituents is 1. The van der Waals surface area contributed by atoms with E-state index in [4.69, 9.17) is 16.3 Å².